The quantitative estimate of drug-likeness (QED) is 0.232. The molecule has 2 heterocycles. The van der Waals surface area contributed by atoms with Crippen molar-refractivity contribution in [2.75, 3.05) is 26.3 Å². The van der Waals surface area contributed by atoms with Gasteiger partial charge in [-0.3, -0.25) is 14.4 Å². The first-order chi connectivity index (χ1) is 22.4. The molecule has 1 unspecified atom stereocenters. The minimum Gasteiger partial charge on any atom is -0.381 e. The van der Waals surface area contributed by atoms with Gasteiger partial charge in [0.1, 0.15) is 11.6 Å². The first-order valence-corrected chi connectivity index (χ1v) is 17.7. The van der Waals surface area contributed by atoms with E-state index in [0.717, 1.165) is 72.4 Å². The number of fused-ring (bicyclic) bond motifs is 1. The van der Waals surface area contributed by atoms with E-state index in [-0.39, 0.29) is 23.8 Å². The van der Waals surface area contributed by atoms with Gasteiger partial charge in [-0.2, -0.15) is 0 Å². The van der Waals surface area contributed by atoms with Crippen molar-refractivity contribution >= 4 is 44.4 Å². The van der Waals surface area contributed by atoms with Gasteiger partial charge in [-0.1, -0.05) is 71.2 Å². The van der Waals surface area contributed by atoms with Crippen LogP contribution in [0, 0.1) is 11.8 Å². The maximum atomic E-state index is 14.2. The molecule has 1 aliphatic carbocycles. The normalized spacial score (nSPS) is 20.1. The molecule has 8 nitrogen and oxygen atoms in total. The van der Waals surface area contributed by atoms with Gasteiger partial charge in [0, 0.05) is 35.7 Å². The summed E-state index contributed by atoms with van der Waals surface area (Å²) >= 11 is 3.50. The second kappa shape index (κ2) is 15.1. The Bertz CT molecular complexity index is 1500. The molecular formula is C37H45BrN4O4. The molecule has 4 N–H and O–H groups in total. The van der Waals surface area contributed by atoms with Crippen LogP contribution in [-0.4, -0.2) is 61.6 Å². The average molecular weight is 690 g/mol. The highest BCUT2D eigenvalue weighted by atomic mass is 79.9. The number of hydrogen-bond acceptors (Lipinski definition) is 5. The van der Waals surface area contributed by atoms with Gasteiger partial charge in [0.2, 0.25) is 11.8 Å². The van der Waals surface area contributed by atoms with Gasteiger partial charge in [0.05, 0.1) is 0 Å². The van der Waals surface area contributed by atoms with Crippen LogP contribution in [0.15, 0.2) is 71.2 Å². The van der Waals surface area contributed by atoms with Gasteiger partial charge in [-0.25, -0.2) is 0 Å². The minimum atomic E-state index is -1.07. The summed E-state index contributed by atoms with van der Waals surface area (Å²) in [5.74, 6) is -0.00486. The summed E-state index contributed by atoms with van der Waals surface area (Å²) in [6, 6.07) is 20.6. The van der Waals surface area contributed by atoms with Crippen molar-refractivity contribution in [2.24, 2.45) is 11.8 Å². The van der Waals surface area contributed by atoms with E-state index < -0.39 is 11.6 Å². The minimum absolute atomic E-state index is 0.0299. The molecule has 6 rings (SSSR count). The van der Waals surface area contributed by atoms with Gasteiger partial charge in [0.15, 0.2) is 0 Å². The SMILES string of the molecule is O=C(NC1(C(=O)N[C@H](Cc2ccccc2)C(=O)NC(C2CCNCC2)C2CCOCC2)CCCC1)c1ccc2cc(Br)ccc2c1. The smallest absolute Gasteiger partial charge is 0.252 e. The van der Waals surface area contributed by atoms with E-state index in [0.29, 0.717) is 49.9 Å². The first kappa shape index (κ1) is 32.7. The summed E-state index contributed by atoms with van der Waals surface area (Å²) in [7, 11) is 0. The van der Waals surface area contributed by atoms with E-state index in [4.69, 9.17) is 4.74 Å². The third-order valence-corrected chi connectivity index (χ3v) is 10.7. The van der Waals surface area contributed by atoms with Crippen molar-refractivity contribution in [3.8, 4) is 0 Å². The molecule has 0 bridgehead atoms. The Morgan fingerprint density at radius 1 is 0.848 bits per heavy atom. The standard InChI is InChI=1S/C37H45BrN4O4/c38-31-11-10-28-23-30(9-8-29(28)24-31)34(43)42-37(16-4-5-17-37)36(45)40-32(22-25-6-2-1-3-7-25)35(44)41-33(26-12-18-39-19-13-26)27-14-20-46-21-15-27/h1-3,6-11,23-24,26-27,32-33,39H,4-5,12-22H2,(H,40,45)(H,41,44)(H,42,43)/t32-,33?/m1/s1. The highest BCUT2D eigenvalue weighted by Gasteiger charge is 2.44. The molecule has 2 atom stereocenters. The monoisotopic (exact) mass is 688 g/mol. The first-order valence-electron chi connectivity index (χ1n) is 16.9. The zero-order chi connectivity index (χ0) is 31.9. The number of amides is 3. The van der Waals surface area contributed by atoms with Crippen molar-refractivity contribution in [1.82, 2.24) is 21.3 Å². The maximum absolute atomic E-state index is 14.2. The summed E-state index contributed by atoms with van der Waals surface area (Å²) in [4.78, 5) is 42.1. The van der Waals surface area contributed by atoms with E-state index in [1.807, 2.05) is 60.7 Å². The Morgan fingerprint density at radius 3 is 2.26 bits per heavy atom. The van der Waals surface area contributed by atoms with Crippen LogP contribution in [0.25, 0.3) is 10.8 Å². The predicted molar refractivity (Wildman–Crippen MR) is 183 cm³/mol. The van der Waals surface area contributed by atoms with Crippen LogP contribution in [0.5, 0.6) is 0 Å². The van der Waals surface area contributed by atoms with Crippen LogP contribution in [0.3, 0.4) is 0 Å². The molecule has 3 aromatic rings. The van der Waals surface area contributed by atoms with Crippen LogP contribution in [0.2, 0.25) is 0 Å². The lowest BCUT2D eigenvalue weighted by Crippen LogP contribution is -2.62. The summed E-state index contributed by atoms with van der Waals surface area (Å²) in [6.45, 7) is 3.31. The summed E-state index contributed by atoms with van der Waals surface area (Å²) in [5.41, 5.74) is 0.407. The molecule has 9 heteroatoms. The van der Waals surface area contributed by atoms with Gasteiger partial charge >= 0.3 is 0 Å². The van der Waals surface area contributed by atoms with Gasteiger partial charge in [-0.05, 0) is 104 Å². The zero-order valence-electron chi connectivity index (χ0n) is 26.4. The van der Waals surface area contributed by atoms with E-state index in [2.05, 4.69) is 37.2 Å². The van der Waals surface area contributed by atoms with Crippen molar-refractivity contribution in [3.05, 3.63) is 82.3 Å². The molecule has 0 aromatic heterocycles. The second-order valence-electron chi connectivity index (χ2n) is 13.2. The molecule has 0 spiro atoms. The molecule has 2 saturated heterocycles. The molecule has 3 aromatic carbocycles. The van der Waals surface area contributed by atoms with Crippen molar-refractivity contribution in [2.45, 2.75) is 75.4 Å². The van der Waals surface area contributed by atoms with E-state index in [9.17, 15) is 14.4 Å². The van der Waals surface area contributed by atoms with Crippen LogP contribution in [0.1, 0.15) is 67.3 Å². The molecule has 3 fully saturated rings. The molecule has 3 amide bonds. The fourth-order valence-corrected chi connectivity index (χ4v) is 7.93. The second-order valence-corrected chi connectivity index (χ2v) is 14.2. The van der Waals surface area contributed by atoms with Crippen LogP contribution < -0.4 is 21.3 Å². The number of piperidine rings is 1. The lowest BCUT2D eigenvalue weighted by atomic mass is 9.79. The third kappa shape index (κ3) is 7.81. The summed E-state index contributed by atoms with van der Waals surface area (Å²) in [5, 5.41) is 15.1. The number of halogens is 1. The van der Waals surface area contributed by atoms with Crippen molar-refractivity contribution < 1.29 is 19.1 Å². The highest BCUT2D eigenvalue weighted by molar-refractivity contribution is 9.10. The molecule has 0 radical (unpaired) electrons. The molecule has 2 aliphatic heterocycles. The van der Waals surface area contributed by atoms with E-state index in [1.54, 1.807) is 6.07 Å². The largest absolute Gasteiger partial charge is 0.381 e. The predicted octanol–water partition coefficient (Wildman–Crippen LogP) is 5.28. The molecule has 46 heavy (non-hydrogen) atoms. The maximum Gasteiger partial charge on any atom is 0.252 e. The number of rotatable bonds is 10. The lowest BCUT2D eigenvalue weighted by Gasteiger charge is -2.39. The Labute approximate surface area is 279 Å². The van der Waals surface area contributed by atoms with Crippen LogP contribution in [0.4, 0.5) is 0 Å². The Balaban J connectivity index is 1.22. The number of hydrogen-bond donors (Lipinski definition) is 4. The van der Waals surface area contributed by atoms with Crippen LogP contribution in [-0.2, 0) is 20.7 Å². The van der Waals surface area contributed by atoms with Crippen molar-refractivity contribution in [1.29, 1.82) is 0 Å². The number of nitrogens with one attached hydrogen (secondary N) is 4. The van der Waals surface area contributed by atoms with Gasteiger partial charge in [0.25, 0.3) is 5.91 Å². The Kier molecular flexibility index (Phi) is 10.7. The molecular weight excluding hydrogens is 644 g/mol. The number of ether oxygens (including phenoxy) is 1. The molecule has 244 valence electrons. The number of carbonyl (C=O) groups excluding carboxylic acids is 3. The van der Waals surface area contributed by atoms with Gasteiger partial charge < -0.3 is 26.0 Å². The fourth-order valence-electron chi connectivity index (χ4n) is 7.55. The van der Waals surface area contributed by atoms with E-state index in [1.165, 1.54) is 0 Å². The number of benzene rings is 3. The summed E-state index contributed by atoms with van der Waals surface area (Å²) < 4.78 is 6.63. The topological polar surface area (TPSA) is 109 Å². The fraction of sp³-hybridized carbons (Fsp3) is 0.486. The Morgan fingerprint density at radius 2 is 1.52 bits per heavy atom. The van der Waals surface area contributed by atoms with Crippen LogP contribution >= 0.6 is 15.9 Å². The summed E-state index contributed by atoms with van der Waals surface area (Å²) in [6.07, 6.45) is 6.97. The molecule has 1 saturated carbocycles. The third-order valence-electron chi connectivity index (χ3n) is 10.2. The molecule has 3 aliphatic rings. The van der Waals surface area contributed by atoms with E-state index >= 15 is 0 Å². The lowest BCUT2D eigenvalue weighted by molar-refractivity contribution is -0.133. The van der Waals surface area contributed by atoms with Gasteiger partial charge in [-0.15, -0.1) is 0 Å². The average Bonchev–Trinajstić information content (AvgIpc) is 3.57. The number of carbonyl (C=O) groups is 3. The Hall–Kier alpha value is -3.27. The zero-order valence-corrected chi connectivity index (χ0v) is 27.9. The highest BCUT2D eigenvalue weighted by Crippen LogP contribution is 2.32. The van der Waals surface area contributed by atoms with Crippen molar-refractivity contribution in [3.63, 3.8) is 0 Å².